The highest BCUT2D eigenvalue weighted by molar-refractivity contribution is 7.17. The van der Waals surface area contributed by atoms with Gasteiger partial charge < -0.3 is 25.2 Å². The number of H-pyrrole nitrogens is 1. The minimum absolute atomic E-state index is 0.0798. The number of anilines is 2. The Kier molecular flexibility index (Phi) is 7.78. The Bertz CT molecular complexity index is 1340. The first-order chi connectivity index (χ1) is 18.2. The molecule has 38 heavy (non-hydrogen) atoms. The molecule has 0 saturated carbocycles. The number of aryl methyl sites for hydroxylation is 1. The van der Waals surface area contributed by atoms with Crippen LogP contribution in [-0.4, -0.2) is 69.1 Å². The van der Waals surface area contributed by atoms with Crippen LogP contribution in [0.1, 0.15) is 58.5 Å². The van der Waals surface area contributed by atoms with E-state index in [1.165, 1.54) is 6.42 Å². The molecule has 2 atom stereocenters. The molecule has 13 heteroatoms. The Morgan fingerprint density at radius 2 is 1.87 bits per heavy atom. The molecule has 0 aliphatic carbocycles. The first-order valence-corrected chi connectivity index (χ1v) is 14.2. The van der Waals surface area contributed by atoms with Gasteiger partial charge >= 0.3 is 5.97 Å². The lowest BCUT2D eigenvalue weighted by Gasteiger charge is -2.37. The summed E-state index contributed by atoms with van der Waals surface area (Å²) in [5.74, 6) is -0.455. The molecule has 2 saturated heterocycles. The van der Waals surface area contributed by atoms with Gasteiger partial charge in [0.25, 0.3) is 5.91 Å². The van der Waals surface area contributed by atoms with E-state index in [9.17, 15) is 14.7 Å². The van der Waals surface area contributed by atoms with Gasteiger partial charge in [0.15, 0.2) is 5.13 Å². The molecular formula is C25H29Cl2N7O3S. The number of carbonyl (C=O) groups excluding carboxylic acids is 1. The zero-order valence-corrected chi connectivity index (χ0v) is 23.5. The summed E-state index contributed by atoms with van der Waals surface area (Å²) < 4.78 is 0. The molecule has 2 aliphatic heterocycles. The van der Waals surface area contributed by atoms with Gasteiger partial charge in [-0.15, -0.1) is 0 Å². The average molecular weight is 579 g/mol. The molecule has 1 amide bonds. The Labute approximate surface area is 234 Å². The van der Waals surface area contributed by atoms with Crippen LogP contribution >= 0.6 is 34.5 Å². The van der Waals surface area contributed by atoms with Gasteiger partial charge in [-0.1, -0.05) is 41.5 Å². The standard InChI is InChI=1S/C25H29Cl2N7O3S/c1-13-12-34(9-6-15(13)31-23(35)21-19(27)18(26)14(2)30-21)25-32-20(22(38-25)24(36)37)16-10-29-17(11-28-16)33-7-4-3-5-8-33/h10-11,13,15,30H,3-9,12H2,1-2H3,(H,31,35)(H,36,37)/t13-,15+/m0/s1. The van der Waals surface area contributed by atoms with Crippen molar-refractivity contribution in [2.45, 2.75) is 45.6 Å². The normalized spacial score (nSPS) is 20.0. The van der Waals surface area contributed by atoms with Crippen molar-refractivity contribution < 1.29 is 14.7 Å². The fraction of sp³-hybridized carbons (Fsp3) is 0.480. The van der Waals surface area contributed by atoms with Crippen LogP contribution in [0, 0.1) is 12.8 Å². The molecule has 10 nitrogen and oxygen atoms in total. The SMILES string of the molecule is Cc1[nH]c(C(=O)N[C@@H]2CCN(c3nc(-c4cnc(N5CCCCC5)cn4)c(C(=O)O)s3)C[C@@H]2C)c(Cl)c1Cl. The monoisotopic (exact) mass is 577 g/mol. The third-order valence-electron chi connectivity index (χ3n) is 7.14. The zero-order chi connectivity index (χ0) is 27.0. The maximum absolute atomic E-state index is 12.8. The number of aromatic carboxylic acids is 1. The molecule has 3 N–H and O–H groups in total. The van der Waals surface area contributed by atoms with Crippen LogP contribution in [0.3, 0.4) is 0 Å². The molecular weight excluding hydrogens is 549 g/mol. The van der Waals surface area contributed by atoms with Crippen molar-refractivity contribution in [3.63, 3.8) is 0 Å². The van der Waals surface area contributed by atoms with Gasteiger partial charge in [-0.05, 0) is 38.5 Å². The molecule has 0 unspecified atom stereocenters. The van der Waals surface area contributed by atoms with Crippen molar-refractivity contribution in [3.05, 3.63) is 38.7 Å². The van der Waals surface area contributed by atoms with Gasteiger partial charge in [-0.3, -0.25) is 4.79 Å². The summed E-state index contributed by atoms with van der Waals surface area (Å²) in [5.41, 5.74) is 1.67. The Morgan fingerprint density at radius 3 is 2.47 bits per heavy atom. The second-order valence-corrected chi connectivity index (χ2v) is 11.6. The number of nitrogens with zero attached hydrogens (tertiary/aromatic N) is 5. The number of carboxylic acids is 1. The second-order valence-electron chi connectivity index (χ2n) is 9.83. The van der Waals surface area contributed by atoms with Crippen LogP contribution in [0.5, 0.6) is 0 Å². The Balaban J connectivity index is 1.29. The van der Waals surface area contributed by atoms with Crippen molar-refractivity contribution in [2.75, 3.05) is 36.0 Å². The topological polar surface area (TPSA) is 127 Å². The number of nitrogens with one attached hydrogen (secondary N) is 2. The number of halogens is 2. The van der Waals surface area contributed by atoms with E-state index < -0.39 is 5.97 Å². The summed E-state index contributed by atoms with van der Waals surface area (Å²) in [5, 5.41) is 14.1. The Morgan fingerprint density at radius 1 is 1.11 bits per heavy atom. The zero-order valence-electron chi connectivity index (χ0n) is 21.1. The highest BCUT2D eigenvalue weighted by atomic mass is 35.5. The lowest BCUT2D eigenvalue weighted by molar-refractivity contribution is 0.0702. The molecule has 0 radical (unpaired) electrons. The molecule has 2 fully saturated rings. The van der Waals surface area contributed by atoms with Gasteiger partial charge in [0, 0.05) is 37.9 Å². The van der Waals surface area contributed by atoms with Crippen LogP contribution in [0.25, 0.3) is 11.4 Å². The number of hydrogen-bond donors (Lipinski definition) is 3. The summed E-state index contributed by atoms with van der Waals surface area (Å²) in [4.78, 5) is 46.0. The molecule has 2 aliphatic rings. The van der Waals surface area contributed by atoms with Crippen molar-refractivity contribution in [1.82, 2.24) is 25.3 Å². The number of hydrogen-bond acceptors (Lipinski definition) is 8. The molecule has 5 heterocycles. The lowest BCUT2D eigenvalue weighted by atomic mass is 9.94. The van der Waals surface area contributed by atoms with E-state index in [1.807, 2.05) is 6.92 Å². The molecule has 5 rings (SSSR count). The second kappa shape index (κ2) is 11.1. The van der Waals surface area contributed by atoms with Gasteiger partial charge in [0.05, 0.1) is 22.4 Å². The first-order valence-electron chi connectivity index (χ1n) is 12.6. The first kappa shape index (κ1) is 26.7. The van der Waals surface area contributed by atoms with E-state index in [0.717, 1.165) is 43.1 Å². The smallest absolute Gasteiger partial charge is 0.348 e. The van der Waals surface area contributed by atoms with Crippen molar-refractivity contribution in [1.29, 1.82) is 0 Å². The van der Waals surface area contributed by atoms with E-state index in [0.29, 0.717) is 46.7 Å². The number of amides is 1. The maximum atomic E-state index is 12.8. The number of aromatic amines is 1. The number of piperidine rings is 2. The third-order valence-corrected chi connectivity index (χ3v) is 9.20. The number of carboxylic acid groups (broad SMARTS) is 1. The average Bonchev–Trinajstić information content (AvgIpc) is 3.48. The molecule has 202 valence electrons. The van der Waals surface area contributed by atoms with Crippen LogP contribution in [0.15, 0.2) is 12.4 Å². The highest BCUT2D eigenvalue weighted by Gasteiger charge is 2.32. The van der Waals surface area contributed by atoms with Crippen LogP contribution < -0.4 is 15.1 Å². The van der Waals surface area contributed by atoms with E-state index in [2.05, 4.69) is 35.1 Å². The van der Waals surface area contributed by atoms with E-state index in [4.69, 9.17) is 23.2 Å². The molecule has 0 bridgehead atoms. The summed E-state index contributed by atoms with van der Waals surface area (Å²) in [6.07, 6.45) is 7.47. The van der Waals surface area contributed by atoms with Crippen molar-refractivity contribution in [2.24, 2.45) is 5.92 Å². The summed E-state index contributed by atoms with van der Waals surface area (Å²) in [6.45, 7) is 6.93. The van der Waals surface area contributed by atoms with Crippen molar-refractivity contribution >= 4 is 57.4 Å². The number of thiazole rings is 1. The van der Waals surface area contributed by atoms with Gasteiger partial charge in [-0.25, -0.2) is 19.7 Å². The molecule has 0 spiro atoms. The highest BCUT2D eigenvalue weighted by Crippen LogP contribution is 2.35. The summed E-state index contributed by atoms with van der Waals surface area (Å²) in [6, 6.07) is -0.0798. The summed E-state index contributed by atoms with van der Waals surface area (Å²) >= 11 is 13.5. The molecule has 3 aromatic heterocycles. The summed E-state index contributed by atoms with van der Waals surface area (Å²) in [7, 11) is 0. The largest absolute Gasteiger partial charge is 0.477 e. The van der Waals surface area contributed by atoms with Gasteiger partial charge in [-0.2, -0.15) is 0 Å². The van der Waals surface area contributed by atoms with E-state index >= 15 is 0 Å². The number of carbonyl (C=O) groups is 2. The quantitative estimate of drug-likeness (QED) is 0.378. The molecule has 0 aromatic carbocycles. The van der Waals surface area contributed by atoms with Crippen LogP contribution in [-0.2, 0) is 0 Å². The lowest BCUT2D eigenvalue weighted by Crippen LogP contribution is -2.50. The van der Waals surface area contributed by atoms with Crippen LogP contribution in [0.2, 0.25) is 10.0 Å². The van der Waals surface area contributed by atoms with Gasteiger partial charge in [0.2, 0.25) is 0 Å². The van der Waals surface area contributed by atoms with E-state index in [-0.39, 0.29) is 33.5 Å². The fourth-order valence-corrected chi connectivity index (χ4v) is 6.36. The number of rotatable bonds is 6. The number of aromatic nitrogens is 4. The van der Waals surface area contributed by atoms with Gasteiger partial charge in [0.1, 0.15) is 27.8 Å². The van der Waals surface area contributed by atoms with Crippen LogP contribution in [0.4, 0.5) is 10.9 Å². The Hall–Kier alpha value is -2.89. The van der Waals surface area contributed by atoms with Crippen molar-refractivity contribution in [3.8, 4) is 11.4 Å². The molecule has 3 aromatic rings. The fourth-order valence-electron chi connectivity index (χ4n) is 4.99. The predicted octanol–water partition coefficient (Wildman–Crippen LogP) is 4.88. The minimum Gasteiger partial charge on any atom is -0.477 e. The predicted molar refractivity (Wildman–Crippen MR) is 149 cm³/mol. The van der Waals surface area contributed by atoms with E-state index in [1.54, 1.807) is 19.3 Å². The maximum Gasteiger partial charge on any atom is 0.348 e. The minimum atomic E-state index is -1.04. The third kappa shape index (κ3) is 5.32.